The van der Waals surface area contributed by atoms with E-state index in [-0.39, 0.29) is 23.8 Å². The van der Waals surface area contributed by atoms with E-state index in [1.54, 1.807) is 30.5 Å². The molecule has 6 aromatic rings. The molecule has 0 aliphatic carbocycles. The fourth-order valence-electron chi connectivity index (χ4n) is 4.98. The first-order chi connectivity index (χ1) is 20.4. The number of rotatable bonds is 8. The van der Waals surface area contributed by atoms with Crippen molar-refractivity contribution in [2.24, 2.45) is 0 Å². The van der Waals surface area contributed by atoms with Crippen LogP contribution in [0.25, 0.3) is 33.2 Å². The summed E-state index contributed by atoms with van der Waals surface area (Å²) < 4.78 is 15.2. The monoisotopic (exact) mass is 555 g/mol. The zero-order valence-corrected chi connectivity index (χ0v) is 22.5. The molecule has 42 heavy (non-hydrogen) atoms. The number of hydrogen-bond donors (Lipinski definition) is 2. The molecule has 7 heteroatoms. The van der Waals surface area contributed by atoms with Crippen molar-refractivity contribution in [2.45, 2.75) is 13.1 Å². The van der Waals surface area contributed by atoms with Crippen LogP contribution >= 0.6 is 0 Å². The van der Waals surface area contributed by atoms with Gasteiger partial charge in [-0.25, -0.2) is 9.18 Å². The Labute approximate surface area is 241 Å². The first-order valence-electron chi connectivity index (χ1n) is 13.4. The molecule has 0 unspecified atom stereocenters. The summed E-state index contributed by atoms with van der Waals surface area (Å²) in [6, 6.07) is 34.6. The van der Waals surface area contributed by atoms with Crippen LogP contribution in [0, 0.1) is 5.82 Å². The van der Waals surface area contributed by atoms with Crippen molar-refractivity contribution in [3.63, 3.8) is 0 Å². The second-order valence-electron chi connectivity index (χ2n) is 10.0. The van der Waals surface area contributed by atoms with Gasteiger partial charge in [0.25, 0.3) is 5.91 Å². The average molecular weight is 556 g/mol. The second kappa shape index (κ2) is 11.5. The molecule has 0 aliphatic rings. The molecule has 0 radical (unpaired) electrons. The summed E-state index contributed by atoms with van der Waals surface area (Å²) >= 11 is 0. The molecule has 5 aromatic carbocycles. The molecule has 6 nitrogen and oxygen atoms in total. The van der Waals surface area contributed by atoms with Crippen LogP contribution in [0.1, 0.15) is 31.8 Å². The smallest absolute Gasteiger partial charge is 0.335 e. The van der Waals surface area contributed by atoms with Gasteiger partial charge < -0.3 is 10.4 Å². The van der Waals surface area contributed by atoms with Crippen LogP contribution in [-0.4, -0.2) is 26.8 Å². The van der Waals surface area contributed by atoms with E-state index >= 15 is 0 Å². The first kappa shape index (κ1) is 26.7. The number of aromatic nitrogens is 2. The van der Waals surface area contributed by atoms with Gasteiger partial charge in [0.15, 0.2) is 0 Å². The number of amides is 1. The van der Waals surface area contributed by atoms with Crippen LogP contribution in [0.15, 0.2) is 121 Å². The molecule has 0 bridgehead atoms. The maximum absolute atomic E-state index is 13.6. The number of nitrogens with zero attached hydrogens (tertiary/aromatic N) is 2. The average Bonchev–Trinajstić information content (AvgIpc) is 3.43. The summed E-state index contributed by atoms with van der Waals surface area (Å²) in [5, 5.41) is 17.6. The van der Waals surface area contributed by atoms with Gasteiger partial charge in [0.05, 0.1) is 29.4 Å². The molecule has 206 valence electrons. The van der Waals surface area contributed by atoms with E-state index in [0.29, 0.717) is 12.1 Å². The number of halogens is 1. The maximum Gasteiger partial charge on any atom is 0.335 e. The zero-order chi connectivity index (χ0) is 29.1. The van der Waals surface area contributed by atoms with Crippen LogP contribution in [0.4, 0.5) is 4.39 Å². The number of fused-ring (bicyclic) bond motifs is 1. The van der Waals surface area contributed by atoms with E-state index in [1.165, 1.54) is 24.3 Å². The van der Waals surface area contributed by atoms with Gasteiger partial charge in [-0.2, -0.15) is 5.10 Å². The topological polar surface area (TPSA) is 84.2 Å². The Balaban J connectivity index is 1.31. The van der Waals surface area contributed by atoms with Crippen LogP contribution < -0.4 is 5.32 Å². The molecule has 0 fully saturated rings. The van der Waals surface area contributed by atoms with E-state index in [2.05, 4.69) is 10.4 Å². The standard InChI is InChI=1S/C35H26FN3O3/c36-31-16-14-27(15-17-31)26-10-8-24(9-11-26)22-39-33-30(21-38-39)18-29(25-4-2-1-3-5-25)19-32(33)34(40)37-20-23-6-12-28(13-7-23)35(41)42/h1-19,21H,20,22H2,(H,37,40)(H,41,42). The highest BCUT2D eigenvalue weighted by molar-refractivity contribution is 6.07. The summed E-state index contributed by atoms with van der Waals surface area (Å²) in [6.45, 7) is 0.698. The van der Waals surface area contributed by atoms with Gasteiger partial charge in [0.1, 0.15) is 5.82 Å². The van der Waals surface area contributed by atoms with E-state index < -0.39 is 5.97 Å². The van der Waals surface area contributed by atoms with E-state index in [9.17, 15) is 14.0 Å². The SMILES string of the molecule is O=C(O)c1ccc(CNC(=O)c2cc(-c3ccccc3)cc3cnn(Cc4ccc(-c5ccc(F)cc5)cc4)c23)cc1. The Morgan fingerprint density at radius 3 is 2.02 bits per heavy atom. The quantitative estimate of drug-likeness (QED) is 0.208. The van der Waals surface area contributed by atoms with Crippen molar-refractivity contribution < 1.29 is 19.1 Å². The molecular weight excluding hydrogens is 529 g/mol. The Kier molecular flexibility index (Phi) is 7.30. The van der Waals surface area contributed by atoms with E-state index in [1.807, 2.05) is 71.4 Å². The third-order valence-electron chi connectivity index (χ3n) is 7.20. The fourth-order valence-corrected chi connectivity index (χ4v) is 4.98. The zero-order valence-electron chi connectivity index (χ0n) is 22.5. The Bertz CT molecular complexity index is 1880. The van der Waals surface area contributed by atoms with Crippen LogP contribution in [0.3, 0.4) is 0 Å². The van der Waals surface area contributed by atoms with Gasteiger partial charge in [0, 0.05) is 11.9 Å². The molecule has 0 spiro atoms. The number of carbonyl (C=O) groups excluding carboxylic acids is 1. The maximum atomic E-state index is 13.6. The van der Waals surface area contributed by atoms with Crippen molar-refractivity contribution in [1.82, 2.24) is 15.1 Å². The third kappa shape index (κ3) is 5.67. The first-order valence-corrected chi connectivity index (χ1v) is 13.4. The normalized spacial score (nSPS) is 11.0. The summed E-state index contributed by atoms with van der Waals surface area (Å²) in [5.74, 6) is -1.52. The number of carbonyl (C=O) groups is 2. The lowest BCUT2D eigenvalue weighted by Gasteiger charge is -2.12. The number of benzene rings is 5. The lowest BCUT2D eigenvalue weighted by molar-refractivity contribution is 0.0696. The minimum atomic E-state index is -0.996. The highest BCUT2D eigenvalue weighted by Crippen LogP contribution is 2.29. The van der Waals surface area contributed by atoms with Crippen molar-refractivity contribution in [2.75, 3.05) is 0 Å². The van der Waals surface area contributed by atoms with E-state index in [4.69, 9.17) is 5.11 Å². The van der Waals surface area contributed by atoms with Crippen molar-refractivity contribution in [3.05, 3.63) is 150 Å². The molecule has 6 rings (SSSR count). The predicted octanol–water partition coefficient (Wildman–Crippen LogP) is 7.19. The van der Waals surface area contributed by atoms with Crippen LogP contribution in [0.5, 0.6) is 0 Å². The van der Waals surface area contributed by atoms with E-state index in [0.717, 1.165) is 44.3 Å². The minimum Gasteiger partial charge on any atom is -0.478 e. The Morgan fingerprint density at radius 1 is 0.738 bits per heavy atom. The van der Waals surface area contributed by atoms with Gasteiger partial charge in [0.2, 0.25) is 0 Å². The molecule has 1 heterocycles. The molecular formula is C35H26FN3O3. The van der Waals surface area contributed by atoms with Gasteiger partial charge >= 0.3 is 5.97 Å². The minimum absolute atomic E-state index is 0.192. The molecule has 1 aromatic heterocycles. The molecule has 0 aliphatic heterocycles. The third-order valence-corrected chi connectivity index (χ3v) is 7.20. The number of nitrogens with one attached hydrogen (secondary N) is 1. The lowest BCUT2D eigenvalue weighted by Crippen LogP contribution is -2.24. The Hall–Kier alpha value is -5.56. The van der Waals surface area contributed by atoms with Crippen molar-refractivity contribution in [1.29, 1.82) is 0 Å². The molecule has 0 saturated heterocycles. The van der Waals surface area contributed by atoms with Crippen LogP contribution in [-0.2, 0) is 13.1 Å². The molecule has 0 atom stereocenters. The lowest BCUT2D eigenvalue weighted by atomic mass is 9.99. The highest BCUT2D eigenvalue weighted by atomic mass is 19.1. The summed E-state index contributed by atoms with van der Waals surface area (Å²) in [5.41, 5.74) is 7.00. The van der Waals surface area contributed by atoms with Gasteiger partial charge in [-0.15, -0.1) is 0 Å². The summed E-state index contributed by atoms with van der Waals surface area (Å²) in [4.78, 5) is 24.8. The second-order valence-corrected chi connectivity index (χ2v) is 10.0. The van der Waals surface area contributed by atoms with Gasteiger partial charge in [-0.05, 0) is 69.8 Å². The number of aromatic carboxylic acids is 1. The molecule has 0 saturated carbocycles. The largest absolute Gasteiger partial charge is 0.478 e. The van der Waals surface area contributed by atoms with Gasteiger partial charge in [-0.3, -0.25) is 9.48 Å². The van der Waals surface area contributed by atoms with Crippen LogP contribution in [0.2, 0.25) is 0 Å². The fraction of sp³-hybridized carbons (Fsp3) is 0.0571. The molecule has 1 amide bonds. The van der Waals surface area contributed by atoms with Crippen molar-refractivity contribution in [3.8, 4) is 22.3 Å². The number of carboxylic acids is 1. The van der Waals surface area contributed by atoms with Gasteiger partial charge in [-0.1, -0.05) is 78.9 Å². The summed E-state index contributed by atoms with van der Waals surface area (Å²) in [7, 11) is 0. The molecule has 2 N–H and O–H groups in total. The predicted molar refractivity (Wildman–Crippen MR) is 161 cm³/mol. The summed E-state index contributed by atoms with van der Waals surface area (Å²) in [6.07, 6.45) is 1.77. The van der Waals surface area contributed by atoms with Crippen molar-refractivity contribution >= 4 is 22.8 Å². The number of hydrogen-bond acceptors (Lipinski definition) is 3. The highest BCUT2D eigenvalue weighted by Gasteiger charge is 2.18. The number of carboxylic acid groups (broad SMARTS) is 1. The Morgan fingerprint density at radius 2 is 1.36 bits per heavy atom.